The van der Waals surface area contributed by atoms with Crippen molar-refractivity contribution in [1.82, 2.24) is 0 Å². The maximum Gasteiger partial charge on any atom is 0.339 e. The number of halogens is 1. The fourth-order valence-electron chi connectivity index (χ4n) is 3.85. The molecule has 6 heteroatoms. The van der Waals surface area contributed by atoms with Crippen molar-refractivity contribution in [3.8, 4) is 5.75 Å². The van der Waals surface area contributed by atoms with Crippen LogP contribution in [0.1, 0.15) is 36.7 Å². The van der Waals surface area contributed by atoms with Gasteiger partial charge in [0.1, 0.15) is 11.3 Å². The zero-order chi connectivity index (χ0) is 21.9. The van der Waals surface area contributed by atoms with E-state index in [0.29, 0.717) is 10.0 Å². The number of carboxylic acid groups (broad SMARTS) is 1. The van der Waals surface area contributed by atoms with E-state index >= 15 is 0 Å². The van der Waals surface area contributed by atoms with Gasteiger partial charge in [-0.2, -0.15) is 0 Å². The van der Waals surface area contributed by atoms with E-state index in [2.05, 4.69) is 61.0 Å². The van der Waals surface area contributed by atoms with Crippen LogP contribution in [0.2, 0.25) is 5.04 Å². The quantitative estimate of drug-likeness (QED) is 0.486. The number of carbonyl (C=O) groups is 1. The number of phenols is 1. The number of hydrogen-bond acceptors (Lipinski definition) is 3. The first-order valence-corrected chi connectivity index (χ1v) is 12.4. The Morgan fingerprint density at radius 1 is 0.967 bits per heavy atom. The van der Waals surface area contributed by atoms with Crippen LogP contribution in [-0.4, -0.2) is 24.5 Å². The molecule has 0 saturated heterocycles. The van der Waals surface area contributed by atoms with Gasteiger partial charge in [-0.15, -0.1) is 0 Å². The summed E-state index contributed by atoms with van der Waals surface area (Å²) in [5, 5.41) is 21.6. The van der Waals surface area contributed by atoms with Crippen LogP contribution < -0.4 is 10.4 Å². The predicted octanol–water partition coefficient (Wildman–Crippen LogP) is 4.93. The number of benzene rings is 3. The molecule has 156 valence electrons. The Labute approximate surface area is 186 Å². The first kappa shape index (κ1) is 22.3. The minimum Gasteiger partial charge on any atom is -0.506 e. The summed E-state index contributed by atoms with van der Waals surface area (Å²) < 4.78 is 7.16. The summed E-state index contributed by atoms with van der Waals surface area (Å²) in [6, 6.07) is 23.7. The van der Waals surface area contributed by atoms with Crippen LogP contribution in [0.4, 0.5) is 0 Å². The smallest absolute Gasteiger partial charge is 0.339 e. The average Bonchev–Trinajstić information content (AvgIpc) is 2.71. The standard InChI is InChI=1S/C24H25BrO4Si/c1-24(2,3)30(18-10-6-4-7-11-18,19-12-8-5-9-13-19)29-16-17-14-20(23(27)28)22(26)21(25)15-17/h4-15,26H,16H2,1-3H3,(H,27,28). The van der Waals surface area contributed by atoms with Gasteiger partial charge >= 0.3 is 5.97 Å². The Balaban J connectivity index is 2.12. The fraction of sp³-hybridized carbons (Fsp3) is 0.208. The monoisotopic (exact) mass is 484 g/mol. The molecule has 4 nitrogen and oxygen atoms in total. The van der Waals surface area contributed by atoms with Gasteiger partial charge in [-0.3, -0.25) is 0 Å². The first-order chi connectivity index (χ1) is 14.2. The van der Waals surface area contributed by atoms with Crippen molar-refractivity contribution in [2.45, 2.75) is 32.4 Å². The van der Waals surface area contributed by atoms with Crippen molar-refractivity contribution in [3.63, 3.8) is 0 Å². The van der Waals surface area contributed by atoms with Crippen molar-refractivity contribution < 1.29 is 19.4 Å². The van der Waals surface area contributed by atoms with Crippen molar-refractivity contribution in [3.05, 3.63) is 88.4 Å². The average molecular weight is 485 g/mol. The molecule has 0 aromatic heterocycles. The molecule has 0 unspecified atom stereocenters. The summed E-state index contributed by atoms with van der Waals surface area (Å²) in [7, 11) is -2.73. The lowest BCUT2D eigenvalue weighted by Gasteiger charge is -2.43. The third-order valence-corrected chi connectivity index (χ3v) is 10.8. The van der Waals surface area contributed by atoms with Gasteiger partial charge in [0.05, 0.1) is 11.1 Å². The van der Waals surface area contributed by atoms with Gasteiger partial charge in [0.15, 0.2) is 0 Å². The van der Waals surface area contributed by atoms with Crippen molar-refractivity contribution in [2.75, 3.05) is 0 Å². The Hall–Kier alpha value is -2.41. The minimum atomic E-state index is -2.73. The summed E-state index contributed by atoms with van der Waals surface area (Å²) in [6.45, 7) is 6.80. The molecule has 0 bridgehead atoms. The topological polar surface area (TPSA) is 66.8 Å². The minimum absolute atomic E-state index is 0.148. The second kappa shape index (κ2) is 8.76. The number of rotatable bonds is 6. The molecule has 3 rings (SSSR count). The van der Waals surface area contributed by atoms with E-state index in [1.54, 1.807) is 6.07 Å². The maximum atomic E-state index is 11.5. The Morgan fingerprint density at radius 2 is 1.47 bits per heavy atom. The molecule has 3 aromatic carbocycles. The van der Waals surface area contributed by atoms with Crippen LogP contribution in [0.15, 0.2) is 77.3 Å². The van der Waals surface area contributed by atoms with Crippen LogP contribution in [0.5, 0.6) is 5.75 Å². The Morgan fingerprint density at radius 3 is 1.90 bits per heavy atom. The van der Waals surface area contributed by atoms with Gasteiger partial charge < -0.3 is 14.6 Å². The van der Waals surface area contributed by atoms with Gasteiger partial charge in [-0.25, -0.2) is 4.79 Å². The number of hydrogen-bond donors (Lipinski definition) is 2. The molecule has 3 aromatic rings. The summed E-state index contributed by atoms with van der Waals surface area (Å²) in [5.74, 6) is -1.46. The predicted molar refractivity (Wildman–Crippen MR) is 125 cm³/mol. The fourth-order valence-corrected chi connectivity index (χ4v) is 8.90. The van der Waals surface area contributed by atoms with Gasteiger partial charge in [-0.05, 0) is 49.0 Å². The van der Waals surface area contributed by atoms with Gasteiger partial charge in [0, 0.05) is 0 Å². The Bertz CT molecular complexity index is 991. The molecule has 0 fully saturated rings. The summed E-state index contributed by atoms with van der Waals surface area (Å²) in [5.41, 5.74) is 0.537. The number of carboxylic acids is 1. The molecule has 30 heavy (non-hydrogen) atoms. The molecule has 0 aliphatic carbocycles. The molecule has 0 amide bonds. The van der Waals surface area contributed by atoms with E-state index in [1.807, 2.05) is 36.4 Å². The number of aromatic carboxylic acids is 1. The molecule has 0 atom stereocenters. The van der Waals surface area contributed by atoms with E-state index in [0.717, 1.165) is 10.4 Å². The van der Waals surface area contributed by atoms with Crippen LogP contribution in [-0.2, 0) is 11.0 Å². The summed E-state index contributed by atoms with van der Waals surface area (Å²) >= 11 is 3.26. The maximum absolute atomic E-state index is 11.5. The van der Waals surface area contributed by atoms with Crippen LogP contribution >= 0.6 is 15.9 Å². The van der Waals surface area contributed by atoms with Crippen LogP contribution in [0.3, 0.4) is 0 Å². The van der Waals surface area contributed by atoms with Crippen molar-refractivity contribution in [2.24, 2.45) is 0 Å². The van der Waals surface area contributed by atoms with E-state index in [1.165, 1.54) is 6.07 Å². The first-order valence-electron chi connectivity index (χ1n) is 9.66. The summed E-state index contributed by atoms with van der Waals surface area (Å²) in [4.78, 5) is 11.5. The van der Waals surface area contributed by atoms with E-state index in [4.69, 9.17) is 4.43 Å². The van der Waals surface area contributed by atoms with Crippen LogP contribution in [0, 0.1) is 0 Å². The zero-order valence-corrected chi connectivity index (χ0v) is 19.8. The normalized spacial score (nSPS) is 12.0. The molecule has 2 N–H and O–H groups in total. The highest BCUT2D eigenvalue weighted by Crippen LogP contribution is 2.38. The lowest BCUT2D eigenvalue weighted by molar-refractivity contribution is 0.0693. The third kappa shape index (κ3) is 4.21. The highest BCUT2D eigenvalue weighted by atomic mass is 79.9. The van der Waals surface area contributed by atoms with Gasteiger partial charge in [0.2, 0.25) is 0 Å². The summed E-state index contributed by atoms with van der Waals surface area (Å²) in [6.07, 6.45) is 0. The second-order valence-electron chi connectivity index (χ2n) is 8.23. The number of aromatic hydroxyl groups is 1. The van der Waals surface area contributed by atoms with E-state index < -0.39 is 14.3 Å². The van der Waals surface area contributed by atoms with E-state index in [9.17, 15) is 15.0 Å². The van der Waals surface area contributed by atoms with Gasteiger partial charge in [0.25, 0.3) is 8.32 Å². The molecule has 0 saturated carbocycles. The zero-order valence-electron chi connectivity index (χ0n) is 17.2. The molecular formula is C24H25BrO4Si. The lowest BCUT2D eigenvalue weighted by atomic mass is 10.1. The SMILES string of the molecule is CC(C)(C)[Si](OCc1cc(Br)c(O)c(C(=O)O)c1)(c1ccccc1)c1ccccc1. The molecule has 0 radical (unpaired) electrons. The highest BCUT2D eigenvalue weighted by molar-refractivity contribution is 9.10. The second-order valence-corrected chi connectivity index (χ2v) is 13.4. The molecule has 0 heterocycles. The Kier molecular flexibility index (Phi) is 6.50. The van der Waals surface area contributed by atoms with Gasteiger partial charge in [-0.1, -0.05) is 81.4 Å². The van der Waals surface area contributed by atoms with E-state index in [-0.39, 0.29) is 23.0 Å². The van der Waals surface area contributed by atoms with Crippen molar-refractivity contribution in [1.29, 1.82) is 0 Å². The molecule has 0 spiro atoms. The largest absolute Gasteiger partial charge is 0.506 e. The molecular weight excluding hydrogens is 460 g/mol. The lowest BCUT2D eigenvalue weighted by Crippen LogP contribution is -2.66. The molecule has 0 aliphatic heterocycles. The highest BCUT2D eigenvalue weighted by Gasteiger charge is 2.50. The third-order valence-electron chi connectivity index (χ3n) is 5.23. The molecule has 0 aliphatic rings. The van der Waals surface area contributed by atoms with Crippen LogP contribution in [0.25, 0.3) is 0 Å². The van der Waals surface area contributed by atoms with Crippen molar-refractivity contribution >= 4 is 40.6 Å².